The van der Waals surface area contributed by atoms with Gasteiger partial charge in [-0.25, -0.2) is 4.39 Å². The molecule has 0 radical (unpaired) electrons. The van der Waals surface area contributed by atoms with Crippen molar-refractivity contribution in [2.75, 3.05) is 7.11 Å². The van der Waals surface area contributed by atoms with E-state index in [1.807, 2.05) is 13.8 Å². The number of carbonyl (C=O) groups excluding carboxylic acids is 1. The van der Waals surface area contributed by atoms with E-state index < -0.39 is 0 Å². The van der Waals surface area contributed by atoms with Gasteiger partial charge in [0.2, 0.25) is 0 Å². The molecule has 0 aromatic heterocycles. The number of nitrogens with one attached hydrogen (secondary N) is 1. The molecule has 1 aromatic rings. The molecular formula is C14H19BrFNO2. The molecule has 1 aromatic carbocycles. The van der Waals surface area contributed by atoms with Crippen molar-refractivity contribution in [1.29, 1.82) is 0 Å². The summed E-state index contributed by atoms with van der Waals surface area (Å²) in [6, 6.07) is 4.45. The number of esters is 1. The second kappa shape index (κ2) is 7.60. The second-order valence-electron chi connectivity index (χ2n) is 4.52. The average molecular weight is 332 g/mol. The van der Waals surface area contributed by atoms with Crippen LogP contribution in [-0.4, -0.2) is 19.1 Å². The molecule has 0 amide bonds. The molecule has 0 heterocycles. The molecule has 0 aliphatic rings. The Bertz CT molecular complexity index is 439. The van der Waals surface area contributed by atoms with Gasteiger partial charge in [-0.3, -0.25) is 4.79 Å². The lowest BCUT2D eigenvalue weighted by molar-refractivity contribution is -0.144. The highest BCUT2D eigenvalue weighted by atomic mass is 79.9. The molecule has 0 aliphatic heterocycles. The summed E-state index contributed by atoms with van der Waals surface area (Å²) in [6.45, 7) is 4.51. The van der Waals surface area contributed by atoms with Gasteiger partial charge in [0.15, 0.2) is 0 Å². The van der Waals surface area contributed by atoms with Gasteiger partial charge in [0.25, 0.3) is 0 Å². The highest BCUT2D eigenvalue weighted by Crippen LogP contribution is 2.17. The van der Waals surface area contributed by atoms with E-state index in [1.165, 1.54) is 13.2 Å². The van der Waals surface area contributed by atoms with Crippen LogP contribution in [0.1, 0.15) is 25.8 Å². The Labute approximate surface area is 121 Å². The van der Waals surface area contributed by atoms with Crippen LogP contribution in [0.15, 0.2) is 22.7 Å². The van der Waals surface area contributed by atoms with Gasteiger partial charge in [0.1, 0.15) is 11.9 Å². The molecule has 2 unspecified atom stereocenters. The van der Waals surface area contributed by atoms with Crippen LogP contribution < -0.4 is 5.32 Å². The Morgan fingerprint density at radius 3 is 2.74 bits per heavy atom. The van der Waals surface area contributed by atoms with Crippen molar-refractivity contribution in [3.63, 3.8) is 0 Å². The third-order valence-corrected chi connectivity index (χ3v) is 3.79. The summed E-state index contributed by atoms with van der Waals surface area (Å²) < 4.78 is 18.3. The molecule has 3 nitrogen and oxygen atoms in total. The molecule has 0 aliphatic carbocycles. The summed E-state index contributed by atoms with van der Waals surface area (Å²) in [6.07, 6.45) is 0.875. The normalized spacial score (nSPS) is 13.9. The first-order valence-corrected chi connectivity index (χ1v) is 7.04. The zero-order chi connectivity index (χ0) is 14.4. The molecule has 2 atom stereocenters. The van der Waals surface area contributed by atoms with Crippen LogP contribution >= 0.6 is 15.9 Å². The maximum atomic E-state index is 13.1. The van der Waals surface area contributed by atoms with Gasteiger partial charge in [0.05, 0.1) is 11.6 Å². The fraction of sp³-hybridized carbons (Fsp3) is 0.500. The molecule has 0 bridgehead atoms. The maximum Gasteiger partial charge on any atom is 0.323 e. The van der Waals surface area contributed by atoms with Gasteiger partial charge in [-0.1, -0.05) is 26.3 Å². The van der Waals surface area contributed by atoms with Crippen LogP contribution in [0, 0.1) is 11.7 Å². The van der Waals surface area contributed by atoms with Crippen molar-refractivity contribution in [3.05, 3.63) is 34.1 Å². The Hall–Kier alpha value is -0.940. The molecule has 5 heteroatoms. The molecule has 19 heavy (non-hydrogen) atoms. The highest BCUT2D eigenvalue weighted by Gasteiger charge is 2.24. The molecule has 0 spiro atoms. The third kappa shape index (κ3) is 4.58. The fourth-order valence-corrected chi connectivity index (χ4v) is 2.18. The number of hydrogen-bond acceptors (Lipinski definition) is 3. The van der Waals surface area contributed by atoms with E-state index in [0.717, 1.165) is 12.0 Å². The van der Waals surface area contributed by atoms with E-state index >= 15 is 0 Å². The number of ether oxygens (including phenoxy) is 1. The summed E-state index contributed by atoms with van der Waals surface area (Å²) in [5.41, 5.74) is 0.908. The number of methoxy groups -OCH3 is 1. The first-order chi connectivity index (χ1) is 8.99. The summed E-state index contributed by atoms with van der Waals surface area (Å²) >= 11 is 3.14. The minimum atomic E-state index is -0.348. The van der Waals surface area contributed by atoms with Gasteiger partial charge in [0, 0.05) is 6.54 Å². The smallest absolute Gasteiger partial charge is 0.323 e. The highest BCUT2D eigenvalue weighted by molar-refractivity contribution is 9.10. The Morgan fingerprint density at radius 1 is 1.53 bits per heavy atom. The van der Waals surface area contributed by atoms with Crippen molar-refractivity contribution in [2.45, 2.75) is 32.9 Å². The summed E-state index contributed by atoms with van der Waals surface area (Å²) in [7, 11) is 1.38. The van der Waals surface area contributed by atoms with Crippen molar-refractivity contribution < 1.29 is 13.9 Å². The van der Waals surface area contributed by atoms with Gasteiger partial charge in [-0.05, 0) is 39.5 Å². The lowest BCUT2D eigenvalue weighted by Gasteiger charge is -2.22. The predicted molar refractivity (Wildman–Crippen MR) is 76.2 cm³/mol. The van der Waals surface area contributed by atoms with E-state index in [-0.39, 0.29) is 23.7 Å². The summed E-state index contributed by atoms with van der Waals surface area (Å²) in [4.78, 5) is 11.7. The minimum absolute atomic E-state index is 0.177. The Balaban J connectivity index is 2.70. The topological polar surface area (TPSA) is 38.3 Å². The van der Waals surface area contributed by atoms with E-state index in [4.69, 9.17) is 4.74 Å². The van der Waals surface area contributed by atoms with Crippen LogP contribution in [0.3, 0.4) is 0 Å². The first kappa shape index (κ1) is 16.1. The maximum absolute atomic E-state index is 13.1. The Kier molecular flexibility index (Phi) is 6.45. The first-order valence-electron chi connectivity index (χ1n) is 6.24. The number of hydrogen-bond donors (Lipinski definition) is 1. The lowest BCUT2D eigenvalue weighted by atomic mass is 9.99. The number of halogens is 2. The SMILES string of the molecule is CCC(C)C(NCc1ccc(F)c(Br)c1)C(=O)OC. The van der Waals surface area contributed by atoms with E-state index in [0.29, 0.717) is 11.0 Å². The van der Waals surface area contributed by atoms with Gasteiger partial charge < -0.3 is 10.1 Å². The van der Waals surface area contributed by atoms with Crippen molar-refractivity contribution in [2.24, 2.45) is 5.92 Å². The molecule has 1 N–H and O–H groups in total. The standard InChI is InChI=1S/C14H19BrFNO2/c1-4-9(2)13(14(18)19-3)17-8-10-5-6-12(16)11(15)7-10/h5-7,9,13,17H,4,8H2,1-3H3. The van der Waals surface area contributed by atoms with Crippen LogP contribution in [0.4, 0.5) is 4.39 Å². The van der Waals surface area contributed by atoms with Gasteiger partial charge in [-0.2, -0.15) is 0 Å². The minimum Gasteiger partial charge on any atom is -0.468 e. The van der Waals surface area contributed by atoms with Crippen LogP contribution in [0.25, 0.3) is 0 Å². The van der Waals surface area contributed by atoms with E-state index in [2.05, 4.69) is 21.2 Å². The average Bonchev–Trinajstić information content (AvgIpc) is 2.42. The van der Waals surface area contributed by atoms with Crippen molar-refractivity contribution >= 4 is 21.9 Å². The summed E-state index contributed by atoms with van der Waals surface area (Å²) in [5.74, 6) is -0.387. The van der Waals surface area contributed by atoms with Crippen LogP contribution in [0.5, 0.6) is 0 Å². The quantitative estimate of drug-likeness (QED) is 0.813. The molecule has 0 fully saturated rings. The molecule has 106 valence electrons. The second-order valence-corrected chi connectivity index (χ2v) is 5.37. The van der Waals surface area contributed by atoms with Gasteiger partial charge in [-0.15, -0.1) is 0 Å². The fourth-order valence-electron chi connectivity index (χ4n) is 1.76. The van der Waals surface area contributed by atoms with E-state index in [9.17, 15) is 9.18 Å². The molecule has 0 saturated carbocycles. The van der Waals surface area contributed by atoms with Gasteiger partial charge >= 0.3 is 5.97 Å². The molecule has 0 saturated heterocycles. The molecular weight excluding hydrogens is 313 g/mol. The van der Waals surface area contributed by atoms with Crippen LogP contribution in [-0.2, 0) is 16.1 Å². The Morgan fingerprint density at radius 2 is 2.21 bits per heavy atom. The van der Waals surface area contributed by atoms with E-state index in [1.54, 1.807) is 12.1 Å². The number of benzene rings is 1. The van der Waals surface area contributed by atoms with Crippen LogP contribution in [0.2, 0.25) is 0 Å². The third-order valence-electron chi connectivity index (χ3n) is 3.18. The molecule has 1 rings (SSSR count). The summed E-state index contributed by atoms with van der Waals surface area (Å²) in [5, 5.41) is 3.17. The predicted octanol–water partition coefficient (Wildman–Crippen LogP) is 3.27. The zero-order valence-corrected chi connectivity index (χ0v) is 13.0. The number of rotatable bonds is 6. The van der Waals surface area contributed by atoms with Crippen molar-refractivity contribution in [1.82, 2.24) is 5.32 Å². The monoisotopic (exact) mass is 331 g/mol. The lowest BCUT2D eigenvalue weighted by Crippen LogP contribution is -2.42. The van der Waals surface area contributed by atoms with Crippen molar-refractivity contribution in [3.8, 4) is 0 Å². The zero-order valence-electron chi connectivity index (χ0n) is 11.4. The largest absolute Gasteiger partial charge is 0.468 e. The number of carbonyl (C=O) groups is 1.